The maximum absolute atomic E-state index is 11.8. The third-order valence-corrected chi connectivity index (χ3v) is 3.44. The molecule has 2 rings (SSSR count). The number of hydrogen-bond donors (Lipinski definition) is 1. The Hall–Kier alpha value is -1.62. The summed E-state index contributed by atoms with van der Waals surface area (Å²) in [5.74, 6) is -0.309. The molecule has 0 spiro atoms. The molecule has 5 nitrogen and oxygen atoms in total. The van der Waals surface area contributed by atoms with Gasteiger partial charge in [-0.1, -0.05) is 13.3 Å². The van der Waals surface area contributed by atoms with Crippen molar-refractivity contribution in [3.63, 3.8) is 0 Å². The third kappa shape index (κ3) is 3.70. The van der Waals surface area contributed by atoms with Gasteiger partial charge >= 0.3 is 5.76 Å². The van der Waals surface area contributed by atoms with E-state index in [1.165, 1.54) is 0 Å². The first-order valence-corrected chi connectivity index (χ1v) is 7.40. The van der Waals surface area contributed by atoms with Gasteiger partial charge in [0.25, 0.3) is 0 Å². The fraction of sp³-hybridized carbons (Fsp3) is 0.600. The minimum atomic E-state index is -0.309. The Bertz CT molecular complexity index is 588. The predicted octanol–water partition coefficient (Wildman–Crippen LogP) is 2.55. The van der Waals surface area contributed by atoms with Crippen LogP contribution in [-0.4, -0.2) is 22.1 Å². The number of nitrogens with one attached hydrogen (secondary N) is 1. The second-order valence-electron chi connectivity index (χ2n) is 5.20. The predicted molar refractivity (Wildman–Crippen MR) is 79.9 cm³/mol. The van der Waals surface area contributed by atoms with E-state index in [0.29, 0.717) is 23.8 Å². The molecule has 20 heavy (non-hydrogen) atoms. The maximum Gasteiger partial charge on any atom is 0.421 e. The topological polar surface area (TPSA) is 60.1 Å². The van der Waals surface area contributed by atoms with Crippen molar-refractivity contribution in [3.05, 3.63) is 28.9 Å². The molecule has 0 radical (unpaired) electrons. The lowest BCUT2D eigenvalue weighted by atomic mass is 10.1. The molecule has 2 aromatic heterocycles. The van der Waals surface area contributed by atoms with Crippen LogP contribution in [0.5, 0.6) is 0 Å². The summed E-state index contributed by atoms with van der Waals surface area (Å²) in [4.78, 5) is 16.0. The number of nitrogens with zero attached hydrogens (tertiary/aromatic N) is 2. The van der Waals surface area contributed by atoms with Crippen molar-refractivity contribution in [2.75, 3.05) is 6.54 Å². The molecule has 5 heteroatoms. The van der Waals surface area contributed by atoms with Crippen LogP contribution in [0.1, 0.15) is 39.5 Å². The van der Waals surface area contributed by atoms with E-state index >= 15 is 0 Å². The molecule has 0 aliphatic heterocycles. The first kappa shape index (κ1) is 14.8. The van der Waals surface area contributed by atoms with Crippen LogP contribution in [0.4, 0.5) is 0 Å². The van der Waals surface area contributed by atoms with Gasteiger partial charge in [0.1, 0.15) is 0 Å². The number of rotatable bonds is 8. The van der Waals surface area contributed by atoms with Crippen LogP contribution < -0.4 is 11.1 Å². The third-order valence-electron chi connectivity index (χ3n) is 3.44. The van der Waals surface area contributed by atoms with Crippen LogP contribution in [0.25, 0.3) is 11.2 Å². The molecule has 0 saturated carbocycles. The van der Waals surface area contributed by atoms with E-state index in [-0.39, 0.29) is 5.76 Å². The number of aryl methyl sites for hydroxylation is 1. The molecule has 0 amide bonds. The van der Waals surface area contributed by atoms with Gasteiger partial charge in [-0.25, -0.2) is 9.78 Å². The fourth-order valence-electron chi connectivity index (χ4n) is 2.31. The zero-order chi connectivity index (χ0) is 14.4. The van der Waals surface area contributed by atoms with Crippen LogP contribution in [0.2, 0.25) is 0 Å². The fourth-order valence-corrected chi connectivity index (χ4v) is 2.31. The smallest absolute Gasteiger partial charge is 0.406 e. The summed E-state index contributed by atoms with van der Waals surface area (Å²) < 4.78 is 6.79. The number of pyridine rings is 1. The molecule has 0 aliphatic rings. The van der Waals surface area contributed by atoms with Gasteiger partial charge in [-0.15, -0.1) is 0 Å². The largest absolute Gasteiger partial charge is 0.421 e. The summed E-state index contributed by atoms with van der Waals surface area (Å²) in [5.41, 5.74) is 1.21. The van der Waals surface area contributed by atoms with E-state index in [2.05, 4.69) is 24.1 Å². The molecular formula is C15H23N3O2. The minimum absolute atomic E-state index is 0.309. The Labute approximate surface area is 119 Å². The lowest BCUT2D eigenvalue weighted by molar-refractivity contribution is 0.458. The van der Waals surface area contributed by atoms with Crippen molar-refractivity contribution in [2.24, 2.45) is 0 Å². The molecule has 1 unspecified atom stereocenters. The lowest BCUT2D eigenvalue weighted by Crippen LogP contribution is -2.26. The van der Waals surface area contributed by atoms with Gasteiger partial charge in [0.2, 0.25) is 0 Å². The number of hydrogen-bond acceptors (Lipinski definition) is 4. The molecule has 1 N–H and O–H groups in total. The summed E-state index contributed by atoms with van der Waals surface area (Å²) in [6.45, 7) is 6.11. The van der Waals surface area contributed by atoms with Gasteiger partial charge in [-0.2, -0.15) is 0 Å². The SMILES string of the molecule is CCCNC(C)CCCCn1c(=O)oc2cccnc21. The van der Waals surface area contributed by atoms with E-state index in [9.17, 15) is 4.79 Å². The molecular weight excluding hydrogens is 254 g/mol. The van der Waals surface area contributed by atoms with Gasteiger partial charge in [0.15, 0.2) is 11.2 Å². The zero-order valence-corrected chi connectivity index (χ0v) is 12.3. The monoisotopic (exact) mass is 277 g/mol. The average molecular weight is 277 g/mol. The molecule has 0 bridgehead atoms. The van der Waals surface area contributed by atoms with Crippen LogP contribution in [0.3, 0.4) is 0 Å². The summed E-state index contributed by atoms with van der Waals surface area (Å²) in [6.07, 6.45) is 6.02. The van der Waals surface area contributed by atoms with Crippen LogP contribution in [-0.2, 0) is 6.54 Å². The van der Waals surface area contributed by atoms with Crippen LogP contribution in [0.15, 0.2) is 27.5 Å². The molecule has 2 heterocycles. The van der Waals surface area contributed by atoms with E-state index < -0.39 is 0 Å². The number of aromatic nitrogens is 2. The maximum atomic E-state index is 11.8. The van der Waals surface area contributed by atoms with Crippen molar-refractivity contribution in [1.82, 2.24) is 14.9 Å². The zero-order valence-electron chi connectivity index (χ0n) is 12.3. The highest BCUT2D eigenvalue weighted by Gasteiger charge is 2.09. The molecule has 0 saturated heterocycles. The van der Waals surface area contributed by atoms with Crippen molar-refractivity contribution in [3.8, 4) is 0 Å². The molecule has 0 fully saturated rings. The molecule has 0 aromatic carbocycles. The van der Waals surface area contributed by atoms with E-state index in [4.69, 9.17) is 4.42 Å². The number of oxazole rings is 1. The molecule has 2 aromatic rings. The standard InChI is InChI=1S/C15H23N3O2/c1-3-9-16-12(2)7-4-5-11-18-14-13(20-15(18)19)8-6-10-17-14/h6,8,10,12,16H,3-5,7,9,11H2,1-2H3. The van der Waals surface area contributed by atoms with Gasteiger partial charge in [-0.3, -0.25) is 4.57 Å². The van der Waals surface area contributed by atoms with Crippen LogP contribution in [0, 0.1) is 0 Å². The Morgan fingerprint density at radius 1 is 1.45 bits per heavy atom. The Kier molecular flexibility index (Phi) is 5.35. The molecule has 110 valence electrons. The summed E-state index contributed by atoms with van der Waals surface area (Å²) >= 11 is 0. The Morgan fingerprint density at radius 3 is 3.10 bits per heavy atom. The first-order chi connectivity index (χ1) is 9.72. The Morgan fingerprint density at radius 2 is 2.30 bits per heavy atom. The second-order valence-corrected chi connectivity index (χ2v) is 5.20. The Balaban J connectivity index is 1.84. The normalized spacial score (nSPS) is 12.9. The molecule has 1 atom stereocenters. The summed E-state index contributed by atoms with van der Waals surface area (Å²) in [6, 6.07) is 4.08. The number of unbranched alkanes of at least 4 members (excludes halogenated alkanes) is 1. The highest BCUT2D eigenvalue weighted by molar-refractivity contribution is 5.67. The summed E-state index contributed by atoms with van der Waals surface area (Å²) in [7, 11) is 0. The lowest BCUT2D eigenvalue weighted by Gasteiger charge is -2.12. The highest BCUT2D eigenvalue weighted by Crippen LogP contribution is 2.10. The van der Waals surface area contributed by atoms with E-state index in [1.54, 1.807) is 22.9 Å². The van der Waals surface area contributed by atoms with Gasteiger partial charge in [0, 0.05) is 18.8 Å². The minimum Gasteiger partial charge on any atom is -0.406 e. The van der Waals surface area contributed by atoms with Crippen molar-refractivity contribution in [1.29, 1.82) is 0 Å². The van der Waals surface area contributed by atoms with Gasteiger partial charge < -0.3 is 9.73 Å². The van der Waals surface area contributed by atoms with Crippen molar-refractivity contribution < 1.29 is 4.42 Å². The summed E-state index contributed by atoms with van der Waals surface area (Å²) in [5, 5.41) is 3.47. The van der Waals surface area contributed by atoms with Crippen LogP contribution >= 0.6 is 0 Å². The van der Waals surface area contributed by atoms with Gasteiger partial charge in [0.05, 0.1) is 0 Å². The highest BCUT2D eigenvalue weighted by atomic mass is 16.4. The quantitative estimate of drug-likeness (QED) is 0.753. The molecule has 0 aliphatic carbocycles. The number of fused-ring (bicyclic) bond motifs is 1. The van der Waals surface area contributed by atoms with Gasteiger partial charge in [-0.05, 0) is 44.9 Å². The average Bonchev–Trinajstić information content (AvgIpc) is 2.77. The second kappa shape index (κ2) is 7.24. The van der Waals surface area contributed by atoms with E-state index in [0.717, 1.165) is 32.2 Å². The van der Waals surface area contributed by atoms with Crippen molar-refractivity contribution >= 4 is 11.2 Å². The van der Waals surface area contributed by atoms with E-state index in [1.807, 2.05) is 0 Å². The first-order valence-electron chi connectivity index (χ1n) is 7.40. The van der Waals surface area contributed by atoms with Crippen molar-refractivity contribution in [2.45, 2.75) is 52.1 Å².